The second kappa shape index (κ2) is 5.86. The molecule has 0 aliphatic rings. The molecule has 1 unspecified atom stereocenters. The molecule has 0 aliphatic carbocycles. The molecule has 0 bridgehead atoms. The van der Waals surface area contributed by atoms with E-state index in [9.17, 15) is 4.79 Å². The second-order valence-electron chi connectivity index (χ2n) is 5.02. The Labute approximate surface area is 119 Å². The maximum Gasteiger partial charge on any atom is 0.242 e. The van der Waals surface area contributed by atoms with Crippen LogP contribution in [-0.4, -0.2) is 20.7 Å². The van der Waals surface area contributed by atoms with E-state index in [4.69, 9.17) is 0 Å². The van der Waals surface area contributed by atoms with Crippen molar-refractivity contribution in [1.82, 2.24) is 20.1 Å². The molecule has 5 nitrogen and oxygen atoms in total. The van der Waals surface area contributed by atoms with E-state index >= 15 is 0 Å². The van der Waals surface area contributed by atoms with Crippen LogP contribution < -0.4 is 5.32 Å². The van der Waals surface area contributed by atoms with Crippen LogP contribution in [0.15, 0.2) is 24.5 Å². The molecular weight excluding hydrogens is 252 g/mol. The summed E-state index contributed by atoms with van der Waals surface area (Å²) in [5.41, 5.74) is 4.18. The molecule has 106 valence electrons. The van der Waals surface area contributed by atoms with Crippen molar-refractivity contribution in [3.63, 3.8) is 0 Å². The van der Waals surface area contributed by atoms with Crippen LogP contribution in [0, 0.1) is 20.8 Å². The molecule has 1 N–H and O–H groups in total. The molecule has 20 heavy (non-hydrogen) atoms. The van der Waals surface area contributed by atoms with Crippen molar-refractivity contribution >= 4 is 5.91 Å². The zero-order valence-corrected chi connectivity index (χ0v) is 12.3. The van der Waals surface area contributed by atoms with Gasteiger partial charge in [-0.1, -0.05) is 0 Å². The van der Waals surface area contributed by atoms with Crippen LogP contribution in [0.2, 0.25) is 0 Å². The number of aryl methyl sites for hydroxylation is 1. The van der Waals surface area contributed by atoms with Crippen molar-refractivity contribution in [2.75, 3.05) is 0 Å². The Morgan fingerprint density at radius 3 is 2.50 bits per heavy atom. The first kappa shape index (κ1) is 14.2. The van der Waals surface area contributed by atoms with E-state index in [0.717, 1.165) is 22.5 Å². The van der Waals surface area contributed by atoms with E-state index in [1.807, 2.05) is 39.8 Å². The van der Waals surface area contributed by atoms with Gasteiger partial charge in [0.1, 0.15) is 6.54 Å². The Kier molecular flexibility index (Phi) is 4.17. The maximum absolute atomic E-state index is 12.1. The van der Waals surface area contributed by atoms with Crippen LogP contribution in [0.3, 0.4) is 0 Å². The SMILES string of the molecule is Cc1nn(CC(=O)NC(C)c2ccncc2)c(C)c1C. The number of carbonyl (C=O) groups excluding carboxylic acids is 1. The first-order valence-electron chi connectivity index (χ1n) is 6.69. The summed E-state index contributed by atoms with van der Waals surface area (Å²) in [6.07, 6.45) is 3.45. The quantitative estimate of drug-likeness (QED) is 0.927. The molecule has 2 rings (SSSR count). The van der Waals surface area contributed by atoms with Gasteiger partial charge in [-0.3, -0.25) is 14.5 Å². The fourth-order valence-corrected chi connectivity index (χ4v) is 2.10. The Balaban J connectivity index is 2.01. The van der Waals surface area contributed by atoms with E-state index in [0.29, 0.717) is 0 Å². The Morgan fingerprint density at radius 1 is 1.30 bits per heavy atom. The molecule has 0 aromatic carbocycles. The second-order valence-corrected chi connectivity index (χ2v) is 5.02. The number of nitrogens with zero attached hydrogens (tertiary/aromatic N) is 3. The van der Waals surface area contributed by atoms with Crippen molar-refractivity contribution in [3.05, 3.63) is 47.0 Å². The Hall–Kier alpha value is -2.17. The highest BCUT2D eigenvalue weighted by Crippen LogP contribution is 2.12. The molecule has 0 spiro atoms. The summed E-state index contributed by atoms with van der Waals surface area (Å²) in [4.78, 5) is 16.1. The van der Waals surface area contributed by atoms with Gasteiger partial charge in [0, 0.05) is 18.1 Å². The van der Waals surface area contributed by atoms with Gasteiger partial charge in [0.05, 0.1) is 11.7 Å². The summed E-state index contributed by atoms with van der Waals surface area (Å²) in [7, 11) is 0. The number of carbonyl (C=O) groups is 1. The molecule has 5 heteroatoms. The fourth-order valence-electron chi connectivity index (χ4n) is 2.10. The minimum atomic E-state index is -0.0417. The summed E-state index contributed by atoms with van der Waals surface area (Å²) in [5.74, 6) is -0.0417. The van der Waals surface area contributed by atoms with E-state index in [1.165, 1.54) is 0 Å². The van der Waals surface area contributed by atoms with Crippen LogP contribution in [0.4, 0.5) is 0 Å². The van der Waals surface area contributed by atoms with Crippen LogP contribution in [0.5, 0.6) is 0 Å². The van der Waals surface area contributed by atoms with E-state index in [-0.39, 0.29) is 18.5 Å². The van der Waals surface area contributed by atoms with Gasteiger partial charge in [-0.15, -0.1) is 0 Å². The molecule has 2 heterocycles. The number of aromatic nitrogens is 3. The zero-order chi connectivity index (χ0) is 14.7. The minimum absolute atomic E-state index is 0.0384. The lowest BCUT2D eigenvalue weighted by molar-refractivity contribution is -0.122. The Bertz CT molecular complexity index is 604. The van der Waals surface area contributed by atoms with Gasteiger partial charge in [0.2, 0.25) is 5.91 Å². The minimum Gasteiger partial charge on any atom is -0.348 e. The molecule has 0 saturated heterocycles. The van der Waals surface area contributed by atoms with Crippen molar-refractivity contribution in [2.24, 2.45) is 0 Å². The predicted octanol–water partition coefficient (Wildman–Crippen LogP) is 2.08. The fraction of sp³-hybridized carbons (Fsp3) is 0.400. The van der Waals surface area contributed by atoms with Crippen LogP contribution in [0.1, 0.15) is 35.5 Å². The Morgan fingerprint density at radius 2 is 1.95 bits per heavy atom. The van der Waals surface area contributed by atoms with Gasteiger partial charge in [0.25, 0.3) is 0 Å². The highest BCUT2D eigenvalue weighted by Gasteiger charge is 2.13. The molecule has 2 aromatic heterocycles. The third-order valence-electron chi connectivity index (χ3n) is 3.62. The average Bonchev–Trinajstić information content (AvgIpc) is 2.67. The largest absolute Gasteiger partial charge is 0.348 e. The molecular formula is C15H20N4O. The molecule has 1 amide bonds. The number of nitrogens with one attached hydrogen (secondary N) is 1. The van der Waals surface area contributed by atoms with Gasteiger partial charge in [-0.05, 0) is 51.0 Å². The van der Waals surface area contributed by atoms with Crippen molar-refractivity contribution in [1.29, 1.82) is 0 Å². The van der Waals surface area contributed by atoms with Crippen molar-refractivity contribution in [2.45, 2.75) is 40.3 Å². The third kappa shape index (κ3) is 3.04. The molecule has 0 radical (unpaired) electrons. The average molecular weight is 272 g/mol. The van der Waals surface area contributed by atoms with E-state index < -0.39 is 0 Å². The summed E-state index contributed by atoms with van der Waals surface area (Å²) >= 11 is 0. The van der Waals surface area contributed by atoms with Crippen LogP contribution in [-0.2, 0) is 11.3 Å². The van der Waals surface area contributed by atoms with Gasteiger partial charge >= 0.3 is 0 Å². The third-order valence-corrected chi connectivity index (χ3v) is 3.62. The molecule has 0 saturated carbocycles. The summed E-state index contributed by atoms with van der Waals surface area (Å²) in [5, 5.41) is 7.35. The molecule has 2 aromatic rings. The predicted molar refractivity (Wildman–Crippen MR) is 77.2 cm³/mol. The number of pyridine rings is 1. The van der Waals surface area contributed by atoms with Gasteiger partial charge in [-0.25, -0.2) is 0 Å². The summed E-state index contributed by atoms with van der Waals surface area (Å²) < 4.78 is 1.75. The van der Waals surface area contributed by atoms with Gasteiger partial charge < -0.3 is 5.32 Å². The monoisotopic (exact) mass is 272 g/mol. The highest BCUT2D eigenvalue weighted by atomic mass is 16.2. The first-order chi connectivity index (χ1) is 9.49. The smallest absolute Gasteiger partial charge is 0.242 e. The number of hydrogen-bond donors (Lipinski definition) is 1. The lowest BCUT2D eigenvalue weighted by Crippen LogP contribution is -2.30. The highest BCUT2D eigenvalue weighted by molar-refractivity contribution is 5.76. The number of amides is 1. The number of hydrogen-bond acceptors (Lipinski definition) is 3. The zero-order valence-electron chi connectivity index (χ0n) is 12.3. The lowest BCUT2D eigenvalue weighted by atomic mass is 10.1. The molecule has 1 atom stereocenters. The van der Waals surface area contributed by atoms with Gasteiger partial charge in [0.15, 0.2) is 0 Å². The van der Waals surface area contributed by atoms with Crippen molar-refractivity contribution in [3.8, 4) is 0 Å². The lowest BCUT2D eigenvalue weighted by Gasteiger charge is -2.14. The van der Waals surface area contributed by atoms with Crippen molar-refractivity contribution < 1.29 is 4.79 Å². The van der Waals surface area contributed by atoms with E-state index in [1.54, 1.807) is 17.1 Å². The normalized spacial score (nSPS) is 12.2. The van der Waals surface area contributed by atoms with Crippen LogP contribution in [0.25, 0.3) is 0 Å². The summed E-state index contributed by atoms with van der Waals surface area (Å²) in [6, 6.07) is 3.76. The van der Waals surface area contributed by atoms with Crippen LogP contribution >= 0.6 is 0 Å². The van der Waals surface area contributed by atoms with Gasteiger partial charge in [-0.2, -0.15) is 5.10 Å². The standard InChI is InChI=1S/C15H20N4O/c1-10-11(2)18-19(13(10)4)9-15(20)17-12(3)14-5-7-16-8-6-14/h5-8,12H,9H2,1-4H3,(H,17,20). The summed E-state index contributed by atoms with van der Waals surface area (Å²) in [6.45, 7) is 8.16. The molecule has 0 aliphatic heterocycles. The number of rotatable bonds is 4. The maximum atomic E-state index is 12.1. The molecule has 0 fully saturated rings. The van der Waals surface area contributed by atoms with E-state index in [2.05, 4.69) is 15.4 Å². The first-order valence-corrected chi connectivity index (χ1v) is 6.69. The topological polar surface area (TPSA) is 59.8 Å².